The summed E-state index contributed by atoms with van der Waals surface area (Å²) in [6.45, 7) is 11.4. The Balaban J connectivity index is 4.08. The fourth-order valence-electron chi connectivity index (χ4n) is 1.95. The van der Waals surface area contributed by atoms with E-state index in [9.17, 15) is 4.79 Å². The van der Waals surface area contributed by atoms with E-state index in [0.717, 1.165) is 32.5 Å². The van der Waals surface area contributed by atoms with Crippen molar-refractivity contribution in [3.8, 4) is 0 Å². The van der Waals surface area contributed by atoms with E-state index >= 15 is 0 Å². The van der Waals surface area contributed by atoms with Gasteiger partial charge in [-0.1, -0.05) is 13.8 Å². The molecular formula is C13H28N2OS. The Morgan fingerprint density at radius 1 is 1.18 bits per heavy atom. The van der Waals surface area contributed by atoms with Gasteiger partial charge in [-0.3, -0.25) is 4.79 Å². The van der Waals surface area contributed by atoms with Gasteiger partial charge in [-0.25, -0.2) is 0 Å². The minimum absolute atomic E-state index is 0.206. The second kappa shape index (κ2) is 8.81. The van der Waals surface area contributed by atoms with Crippen molar-refractivity contribution in [2.24, 2.45) is 0 Å². The summed E-state index contributed by atoms with van der Waals surface area (Å²) >= 11 is 1.90. The number of carbonyl (C=O) groups excluding carboxylic acids is 1. The van der Waals surface area contributed by atoms with Crippen LogP contribution in [0.2, 0.25) is 0 Å². The van der Waals surface area contributed by atoms with Gasteiger partial charge in [-0.05, 0) is 32.9 Å². The molecule has 0 unspecified atom stereocenters. The smallest absolute Gasteiger partial charge is 0.236 e. The van der Waals surface area contributed by atoms with Gasteiger partial charge in [0.1, 0.15) is 0 Å². The fraction of sp³-hybridized carbons (Fsp3) is 0.923. The Bertz CT molecular complexity index is 205. The van der Waals surface area contributed by atoms with Crippen molar-refractivity contribution in [2.45, 2.75) is 45.3 Å². The summed E-state index contributed by atoms with van der Waals surface area (Å²) < 4.78 is 0.281. The Hall–Kier alpha value is -0.220. The van der Waals surface area contributed by atoms with Crippen LogP contribution in [0.15, 0.2) is 0 Å². The molecule has 0 aliphatic heterocycles. The summed E-state index contributed by atoms with van der Waals surface area (Å²) in [5.41, 5.74) is 0. The predicted octanol–water partition coefficient (Wildman–Crippen LogP) is 2.37. The standard InChI is InChI=1S/C13H28N2OS/c1-6-13(7-2,17-5)11-14-10-12(16)15(8-3)9-4/h14H,6-11H2,1-5H3. The van der Waals surface area contributed by atoms with Crippen LogP contribution in [0.3, 0.4) is 0 Å². The highest BCUT2D eigenvalue weighted by Gasteiger charge is 2.24. The summed E-state index contributed by atoms with van der Waals surface area (Å²) in [5.74, 6) is 0.206. The molecule has 0 aliphatic rings. The van der Waals surface area contributed by atoms with Crippen molar-refractivity contribution in [1.29, 1.82) is 0 Å². The van der Waals surface area contributed by atoms with Crippen LogP contribution in [-0.4, -0.2) is 48.0 Å². The number of thioether (sulfide) groups is 1. The largest absolute Gasteiger partial charge is 0.342 e. The Morgan fingerprint density at radius 3 is 2.06 bits per heavy atom. The van der Waals surface area contributed by atoms with E-state index in [2.05, 4.69) is 25.4 Å². The first-order chi connectivity index (χ1) is 8.09. The molecule has 0 rings (SSSR count). The second-order valence-electron chi connectivity index (χ2n) is 4.26. The highest BCUT2D eigenvalue weighted by Crippen LogP contribution is 2.29. The zero-order valence-electron chi connectivity index (χ0n) is 12.0. The number of likely N-dealkylation sites (N-methyl/N-ethyl adjacent to an activating group) is 1. The molecule has 0 bridgehead atoms. The lowest BCUT2D eigenvalue weighted by Crippen LogP contribution is -2.43. The Morgan fingerprint density at radius 2 is 1.71 bits per heavy atom. The van der Waals surface area contributed by atoms with E-state index in [-0.39, 0.29) is 10.7 Å². The van der Waals surface area contributed by atoms with Crippen LogP contribution in [0.5, 0.6) is 0 Å². The van der Waals surface area contributed by atoms with Crippen LogP contribution in [0.4, 0.5) is 0 Å². The molecule has 0 aliphatic carbocycles. The number of carbonyl (C=O) groups is 1. The molecule has 0 heterocycles. The molecule has 0 spiro atoms. The molecule has 0 aromatic carbocycles. The van der Waals surface area contributed by atoms with Gasteiger partial charge in [-0.15, -0.1) is 0 Å². The molecule has 0 aromatic rings. The van der Waals surface area contributed by atoms with Gasteiger partial charge in [0.05, 0.1) is 6.54 Å². The molecule has 3 nitrogen and oxygen atoms in total. The maximum absolute atomic E-state index is 11.8. The highest BCUT2D eigenvalue weighted by molar-refractivity contribution is 8.00. The third kappa shape index (κ3) is 5.30. The zero-order chi connectivity index (χ0) is 13.3. The maximum Gasteiger partial charge on any atom is 0.236 e. The highest BCUT2D eigenvalue weighted by atomic mass is 32.2. The van der Waals surface area contributed by atoms with Crippen LogP contribution in [0.25, 0.3) is 0 Å². The summed E-state index contributed by atoms with van der Waals surface area (Å²) in [5, 5.41) is 3.32. The van der Waals surface area contributed by atoms with Gasteiger partial charge in [0, 0.05) is 24.4 Å². The third-order valence-corrected chi connectivity index (χ3v) is 5.15. The van der Waals surface area contributed by atoms with Crippen molar-refractivity contribution in [1.82, 2.24) is 10.2 Å². The molecule has 0 saturated heterocycles. The molecule has 0 saturated carbocycles. The fourth-order valence-corrected chi connectivity index (χ4v) is 2.77. The van der Waals surface area contributed by atoms with E-state index in [1.54, 1.807) is 0 Å². The number of hydrogen-bond donors (Lipinski definition) is 1. The van der Waals surface area contributed by atoms with Crippen molar-refractivity contribution >= 4 is 17.7 Å². The number of rotatable bonds is 9. The van der Waals surface area contributed by atoms with E-state index in [0.29, 0.717) is 6.54 Å². The first-order valence-corrected chi connectivity index (χ1v) is 7.85. The SMILES string of the molecule is CCN(CC)C(=O)CNCC(CC)(CC)SC. The molecule has 0 radical (unpaired) electrons. The van der Waals surface area contributed by atoms with Gasteiger partial charge in [0.25, 0.3) is 0 Å². The van der Waals surface area contributed by atoms with Gasteiger partial charge in [0.2, 0.25) is 5.91 Å². The Labute approximate surface area is 111 Å². The molecule has 0 fully saturated rings. The van der Waals surface area contributed by atoms with Crippen LogP contribution in [0.1, 0.15) is 40.5 Å². The lowest BCUT2D eigenvalue weighted by molar-refractivity contribution is -0.129. The van der Waals surface area contributed by atoms with E-state index < -0.39 is 0 Å². The zero-order valence-corrected chi connectivity index (χ0v) is 12.8. The minimum Gasteiger partial charge on any atom is -0.342 e. The molecule has 0 atom stereocenters. The first-order valence-electron chi connectivity index (χ1n) is 6.62. The minimum atomic E-state index is 0.206. The second-order valence-corrected chi connectivity index (χ2v) is 5.54. The molecular weight excluding hydrogens is 232 g/mol. The summed E-state index contributed by atoms with van der Waals surface area (Å²) in [6, 6.07) is 0. The molecule has 17 heavy (non-hydrogen) atoms. The van der Waals surface area contributed by atoms with Crippen molar-refractivity contribution in [3.05, 3.63) is 0 Å². The number of amides is 1. The summed E-state index contributed by atoms with van der Waals surface area (Å²) in [4.78, 5) is 13.7. The van der Waals surface area contributed by atoms with E-state index in [1.807, 2.05) is 30.5 Å². The predicted molar refractivity (Wildman–Crippen MR) is 77.6 cm³/mol. The van der Waals surface area contributed by atoms with Gasteiger partial charge < -0.3 is 10.2 Å². The number of nitrogens with one attached hydrogen (secondary N) is 1. The van der Waals surface area contributed by atoms with Crippen LogP contribution in [-0.2, 0) is 4.79 Å². The van der Waals surface area contributed by atoms with Crippen molar-refractivity contribution in [3.63, 3.8) is 0 Å². The number of hydrogen-bond acceptors (Lipinski definition) is 3. The Kier molecular flexibility index (Phi) is 8.70. The quantitative estimate of drug-likeness (QED) is 0.691. The topological polar surface area (TPSA) is 32.3 Å². The van der Waals surface area contributed by atoms with Crippen LogP contribution < -0.4 is 5.32 Å². The summed E-state index contributed by atoms with van der Waals surface area (Å²) in [6.07, 6.45) is 4.43. The molecule has 1 amide bonds. The van der Waals surface area contributed by atoms with Crippen LogP contribution >= 0.6 is 11.8 Å². The van der Waals surface area contributed by atoms with Gasteiger partial charge in [0.15, 0.2) is 0 Å². The maximum atomic E-state index is 11.8. The third-order valence-electron chi connectivity index (χ3n) is 3.56. The first kappa shape index (κ1) is 16.8. The van der Waals surface area contributed by atoms with Crippen molar-refractivity contribution < 1.29 is 4.79 Å². The van der Waals surface area contributed by atoms with Gasteiger partial charge in [-0.2, -0.15) is 11.8 Å². The monoisotopic (exact) mass is 260 g/mol. The average Bonchev–Trinajstić information content (AvgIpc) is 2.37. The summed E-state index contributed by atoms with van der Waals surface area (Å²) in [7, 11) is 0. The van der Waals surface area contributed by atoms with Crippen LogP contribution in [0, 0.1) is 0 Å². The van der Waals surface area contributed by atoms with E-state index in [4.69, 9.17) is 0 Å². The molecule has 102 valence electrons. The number of nitrogens with zero attached hydrogens (tertiary/aromatic N) is 1. The molecule has 4 heteroatoms. The lowest BCUT2D eigenvalue weighted by atomic mass is 10.0. The van der Waals surface area contributed by atoms with E-state index in [1.165, 1.54) is 0 Å². The molecule has 0 aromatic heterocycles. The average molecular weight is 260 g/mol. The van der Waals surface area contributed by atoms with Gasteiger partial charge >= 0.3 is 0 Å². The normalized spacial score (nSPS) is 11.6. The van der Waals surface area contributed by atoms with Crippen molar-refractivity contribution in [2.75, 3.05) is 32.4 Å². The lowest BCUT2D eigenvalue weighted by Gasteiger charge is -2.30. The molecule has 1 N–H and O–H groups in total.